The molecule has 0 N–H and O–H groups in total. The van der Waals surface area contributed by atoms with Gasteiger partial charge in [-0.3, -0.25) is 9.48 Å². The van der Waals surface area contributed by atoms with E-state index in [4.69, 9.17) is 7.85 Å². The van der Waals surface area contributed by atoms with Gasteiger partial charge in [-0.25, -0.2) is 0 Å². The van der Waals surface area contributed by atoms with E-state index in [1.54, 1.807) is 7.05 Å². The smallest absolute Gasteiger partial charge is 0.152 e. The molecular weight excluding hydrogens is 115 g/mol. The molecule has 44 valence electrons. The van der Waals surface area contributed by atoms with Gasteiger partial charge in [0.2, 0.25) is 0 Å². The first-order chi connectivity index (χ1) is 4.25. The highest BCUT2D eigenvalue weighted by Gasteiger charge is 1.98. The van der Waals surface area contributed by atoms with Crippen molar-refractivity contribution in [3.05, 3.63) is 11.8 Å². The molecule has 0 fully saturated rings. The van der Waals surface area contributed by atoms with Crippen molar-refractivity contribution in [3.8, 4) is 0 Å². The second kappa shape index (κ2) is 2.05. The van der Waals surface area contributed by atoms with Gasteiger partial charge in [0.15, 0.2) is 6.29 Å². The topological polar surface area (TPSA) is 34.9 Å². The van der Waals surface area contributed by atoms with Crippen LogP contribution in [0, 0.1) is 0 Å². The molecule has 4 heteroatoms. The molecule has 1 heterocycles. The van der Waals surface area contributed by atoms with Crippen molar-refractivity contribution >= 4 is 19.7 Å². The first-order valence-corrected chi connectivity index (χ1v) is 2.48. The first kappa shape index (κ1) is 6.07. The molecule has 0 aliphatic heterocycles. The van der Waals surface area contributed by atoms with Crippen molar-refractivity contribution < 1.29 is 4.79 Å². The number of aromatic nitrogens is 2. The van der Waals surface area contributed by atoms with Gasteiger partial charge in [0.1, 0.15) is 7.85 Å². The van der Waals surface area contributed by atoms with Crippen LogP contribution < -0.4 is 5.59 Å². The van der Waals surface area contributed by atoms with Crippen LogP contribution in [-0.4, -0.2) is 23.9 Å². The molecule has 0 aromatic carbocycles. The van der Waals surface area contributed by atoms with Gasteiger partial charge in [-0.1, -0.05) is 0 Å². The number of hydrogen-bond acceptors (Lipinski definition) is 2. The molecule has 9 heavy (non-hydrogen) atoms. The Hall–Kier alpha value is -1.06. The zero-order valence-electron chi connectivity index (χ0n) is 5.03. The van der Waals surface area contributed by atoms with E-state index in [9.17, 15) is 4.79 Å². The van der Waals surface area contributed by atoms with E-state index in [1.165, 1.54) is 10.9 Å². The SMILES string of the molecule is [B]c1c(C=O)cnn1C. The zero-order valence-corrected chi connectivity index (χ0v) is 5.03. The van der Waals surface area contributed by atoms with Gasteiger partial charge >= 0.3 is 0 Å². The predicted octanol–water partition coefficient (Wildman–Crippen LogP) is -0.974. The van der Waals surface area contributed by atoms with Crippen LogP contribution in [0.25, 0.3) is 0 Å². The fourth-order valence-electron chi connectivity index (χ4n) is 0.555. The van der Waals surface area contributed by atoms with Gasteiger partial charge in [-0.15, -0.1) is 0 Å². The molecule has 0 aliphatic carbocycles. The lowest BCUT2D eigenvalue weighted by atomic mass is 10.0. The second-order valence-corrected chi connectivity index (χ2v) is 1.73. The highest BCUT2D eigenvalue weighted by molar-refractivity contribution is 6.33. The standard InChI is InChI=1S/C5H5BN2O/c1-8-5(6)4(3-9)2-7-8/h2-3H,1H3. The minimum atomic E-state index is 0.407. The zero-order chi connectivity index (χ0) is 6.85. The summed E-state index contributed by atoms with van der Waals surface area (Å²) in [7, 11) is 7.07. The Kier molecular flexibility index (Phi) is 1.38. The van der Waals surface area contributed by atoms with Crippen LogP contribution in [0.1, 0.15) is 10.4 Å². The Morgan fingerprint density at radius 1 is 1.89 bits per heavy atom. The summed E-state index contributed by atoms with van der Waals surface area (Å²) in [5, 5.41) is 3.75. The van der Waals surface area contributed by atoms with Crippen LogP contribution >= 0.6 is 0 Å². The van der Waals surface area contributed by atoms with Gasteiger partial charge < -0.3 is 0 Å². The normalized spacial score (nSPS) is 9.44. The molecule has 0 spiro atoms. The number of carbonyl (C=O) groups is 1. The van der Waals surface area contributed by atoms with Crippen molar-refractivity contribution in [2.45, 2.75) is 0 Å². The third-order valence-electron chi connectivity index (χ3n) is 1.14. The van der Waals surface area contributed by atoms with Crippen molar-refractivity contribution in [3.63, 3.8) is 0 Å². The Morgan fingerprint density at radius 3 is 2.78 bits per heavy atom. The lowest BCUT2D eigenvalue weighted by Crippen LogP contribution is -2.17. The van der Waals surface area contributed by atoms with E-state index in [0.717, 1.165) is 0 Å². The van der Waals surface area contributed by atoms with Crippen molar-refractivity contribution in [1.82, 2.24) is 9.78 Å². The maximum Gasteiger partial charge on any atom is 0.152 e. The van der Waals surface area contributed by atoms with Crippen molar-refractivity contribution in [1.29, 1.82) is 0 Å². The van der Waals surface area contributed by atoms with Crippen LogP contribution in [-0.2, 0) is 7.05 Å². The molecule has 1 rings (SSSR count). The number of nitrogens with zero attached hydrogens (tertiary/aromatic N) is 2. The van der Waals surface area contributed by atoms with Crippen molar-refractivity contribution in [2.24, 2.45) is 7.05 Å². The third kappa shape index (κ3) is 0.873. The lowest BCUT2D eigenvalue weighted by molar-refractivity contribution is 0.112. The monoisotopic (exact) mass is 120 g/mol. The Bertz CT molecular complexity index is 231. The van der Waals surface area contributed by atoms with Gasteiger partial charge in [-0.2, -0.15) is 5.10 Å². The average molecular weight is 120 g/mol. The minimum absolute atomic E-state index is 0.407. The van der Waals surface area contributed by atoms with E-state index >= 15 is 0 Å². The molecule has 1 aromatic rings. The Balaban J connectivity index is 3.18. The summed E-state index contributed by atoms with van der Waals surface area (Å²) in [6.45, 7) is 0. The molecular formula is C5H5BN2O. The van der Waals surface area contributed by atoms with E-state index in [1.807, 2.05) is 0 Å². The summed E-state index contributed by atoms with van der Waals surface area (Å²) in [4.78, 5) is 10.1. The van der Waals surface area contributed by atoms with Crippen molar-refractivity contribution in [2.75, 3.05) is 0 Å². The molecule has 1 aromatic heterocycles. The molecule has 0 bridgehead atoms. The Labute approximate surface area is 54.1 Å². The van der Waals surface area contributed by atoms with Crippen LogP contribution in [0.15, 0.2) is 6.20 Å². The van der Waals surface area contributed by atoms with Gasteiger partial charge in [-0.05, 0) is 5.59 Å². The fraction of sp³-hybridized carbons (Fsp3) is 0.200. The molecule has 0 aliphatic rings. The number of hydrogen-bond donors (Lipinski definition) is 0. The summed E-state index contributed by atoms with van der Waals surface area (Å²) in [5.41, 5.74) is 0.850. The summed E-state index contributed by atoms with van der Waals surface area (Å²) in [6, 6.07) is 0. The number of aldehydes is 1. The molecule has 0 unspecified atom stereocenters. The van der Waals surface area contributed by atoms with E-state index in [2.05, 4.69) is 5.10 Å². The average Bonchev–Trinajstić information content (AvgIpc) is 2.15. The molecule has 0 atom stereocenters. The van der Waals surface area contributed by atoms with E-state index in [-0.39, 0.29) is 0 Å². The number of rotatable bonds is 1. The number of carbonyl (C=O) groups excluding carboxylic acids is 1. The Morgan fingerprint density at radius 2 is 2.56 bits per heavy atom. The molecule has 0 amide bonds. The van der Waals surface area contributed by atoms with Crippen LogP contribution in [0.5, 0.6) is 0 Å². The quantitative estimate of drug-likeness (QED) is 0.353. The highest BCUT2D eigenvalue weighted by Crippen LogP contribution is 1.83. The van der Waals surface area contributed by atoms with E-state index in [0.29, 0.717) is 17.4 Å². The van der Waals surface area contributed by atoms with Crippen LogP contribution in [0.2, 0.25) is 0 Å². The first-order valence-electron chi connectivity index (χ1n) is 2.48. The minimum Gasteiger partial charge on any atom is -0.298 e. The summed E-state index contributed by atoms with van der Waals surface area (Å²) in [5.74, 6) is 0. The van der Waals surface area contributed by atoms with Crippen LogP contribution in [0.3, 0.4) is 0 Å². The van der Waals surface area contributed by atoms with E-state index < -0.39 is 0 Å². The maximum absolute atomic E-state index is 10.1. The predicted molar refractivity (Wildman–Crippen MR) is 34.0 cm³/mol. The molecule has 0 saturated heterocycles. The largest absolute Gasteiger partial charge is 0.298 e. The van der Waals surface area contributed by atoms with Crippen LogP contribution in [0.4, 0.5) is 0 Å². The second-order valence-electron chi connectivity index (χ2n) is 1.73. The third-order valence-corrected chi connectivity index (χ3v) is 1.14. The summed E-state index contributed by atoms with van der Waals surface area (Å²) >= 11 is 0. The molecule has 0 saturated carbocycles. The highest BCUT2D eigenvalue weighted by atomic mass is 16.1. The summed E-state index contributed by atoms with van der Waals surface area (Å²) in [6.07, 6.45) is 2.12. The number of aryl methyl sites for hydroxylation is 1. The molecule has 2 radical (unpaired) electrons. The van der Waals surface area contributed by atoms with Gasteiger partial charge in [0.05, 0.1) is 6.20 Å². The fourth-order valence-corrected chi connectivity index (χ4v) is 0.555. The maximum atomic E-state index is 10.1. The molecule has 3 nitrogen and oxygen atoms in total. The summed E-state index contributed by atoms with van der Waals surface area (Å²) < 4.78 is 1.45. The lowest BCUT2D eigenvalue weighted by Gasteiger charge is -1.90. The van der Waals surface area contributed by atoms with Gasteiger partial charge in [0, 0.05) is 12.6 Å². The van der Waals surface area contributed by atoms with Gasteiger partial charge in [0.25, 0.3) is 0 Å².